The van der Waals surface area contributed by atoms with E-state index >= 15 is 17.6 Å². The molecule has 0 aliphatic carbocycles. The highest BCUT2D eigenvalue weighted by Gasteiger charge is 2.88. The molecule has 0 aliphatic heterocycles. The van der Waals surface area contributed by atoms with Gasteiger partial charge in [0.15, 0.2) is 0 Å². The first-order valence-corrected chi connectivity index (χ1v) is 23.3. The summed E-state index contributed by atoms with van der Waals surface area (Å²) in [4.78, 5) is 27.3. The number of anilines is 3. The van der Waals surface area contributed by atoms with Crippen LogP contribution in [-0.4, -0.2) is 97.4 Å². The summed E-state index contributed by atoms with van der Waals surface area (Å²) in [5.41, 5.74) is -40.5. The minimum absolute atomic E-state index is 0.0694. The van der Waals surface area contributed by atoms with E-state index in [2.05, 4.69) is 9.47 Å². The first-order chi connectivity index (χ1) is 40.5. The van der Waals surface area contributed by atoms with Crippen LogP contribution >= 0.6 is 0 Å². The zero-order valence-electron chi connectivity index (χ0n) is 42.7. The van der Waals surface area contributed by atoms with Gasteiger partial charge in [0.05, 0.1) is 22.3 Å². The highest BCUT2D eigenvalue weighted by Crippen LogP contribution is 2.64. The largest absolute Gasteiger partial charge is 0.459 e. The number of para-hydroxylation sites is 1. The molecule has 0 spiro atoms. The molecule has 0 saturated heterocycles. The average molecular weight is 1330 g/mol. The van der Waals surface area contributed by atoms with E-state index in [0.717, 1.165) is 0 Å². The lowest BCUT2D eigenvalue weighted by Crippen LogP contribution is -2.67. The second kappa shape index (κ2) is 25.0. The zero-order valence-corrected chi connectivity index (χ0v) is 42.7. The van der Waals surface area contributed by atoms with E-state index in [1.54, 1.807) is 35.2 Å². The van der Waals surface area contributed by atoms with Crippen LogP contribution in [0.5, 0.6) is 11.5 Å². The summed E-state index contributed by atoms with van der Waals surface area (Å²) in [5.74, 6) is -13.6. The quantitative estimate of drug-likeness (QED) is 0.0463. The average Bonchev–Trinajstić information content (AvgIpc) is 0.707. The number of benzene rings is 5. The second-order valence-electron chi connectivity index (χ2n) is 17.9. The Balaban J connectivity index is 1.34. The smallest absolute Gasteiger partial charge is 0.449 e. The number of nitrogens with zero attached hydrogens (tertiary/aromatic N) is 1. The summed E-state index contributed by atoms with van der Waals surface area (Å²) in [7, 11) is 0. The van der Waals surface area contributed by atoms with Crippen LogP contribution in [0.3, 0.4) is 0 Å². The summed E-state index contributed by atoms with van der Waals surface area (Å²) in [6, 6.07) is 21.5. The maximum atomic E-state index is 15.1. The van der Waals surface area contributed by atoms with Gasteiger partial charge in [-0.3, -0.25) is 0 Å². The molecule has 5 rings (SSSR count). The molecule has 0 N–H and O–H groups in total. The van der Waals surface area contributed by atoms with Gasteiger partial charge in [-0.25, -0.2) is 35.9 Å². The van der Waals surface area contributed by atoms with Crippen molar-refractivity contribution in [3.63, 3.8) is 0 Å². The third kappa shape index (κ3) is 14.3. The fourth-order valence-electron chi connectivity index (χ4n) is 7.80. The SMILES string of the molecule is O=C(OCc1ccc(N(c2ccccc2)c2ccc(COC(=O)c3ccc(O/C(CF)=C(/C(F)(CF)C(F)(F)F)C(F)(C(F)(F)F)C(F)(F)F)cc3)cc2)cc1)c1ccc(OC(=C(C(F)(C(F)(F)F)C(F)(F)F)C(F)(C(F)(F)F)C(F)(F)F)C(F)(F)F)cc1. The maximum absolute atomic E-state index is 15.1. The molecule has 488 valence electrons. The Morgan fingerprint density at radius 3 is 0.966 bits per heavy atom. The Kier molecular flexibility index (Phi) is 20.1. The monoisotopic (exact) mass is 1330 g/mol. The first-order valence-electron chi connectivity index (χ1n) is 23.3. The molecular formula is C52H29F30NO6. The molecule has 7 nitrogen and oxygen atoms in total. The molecule has 0 bridgehead atoms. The van der Waals surface area contributed by atoms with Crippen molar-refractivity contribution < 1.29 is 160 Å². The van der Waals surface area contributed by atoms with Crippen molar-refractivity contribution in [3.05, 3.63) is 172 Å². The molecule has 5 aromatic rings. The summed E-state index contributed by atoms with van der Waals surface area (Å²) >= 11 is 0. The van der Waals surface area contributed by atoms with E-state index in [1.807, 2.05) is 0 Å². The minimum Gasteiger partial charge on any atom is -0.459 e. The molecule has 0 fully saturated rings. The predicted octanol–water partition coefficient (Wildman–Crippen LogP) is 18.4. The summed E-state index contributed by atoms with van der Waals surface area (Å²) < 4.78 is 434. The molecule has 0 aliphatic rings. The number of allylic oxidation sites excluding steroid dienone is 4. The Morgan fingerprint density at radius 2 is 0.674 bits per heavy atom. The standard InChI is InChI=1S/C52H29F30NO6/c53-22-35(36(41(55,25-54)46(62,63)64)42(56,47(65,66)67)48(68,69)70)88-33-18-10-28(11-19-33)39(84)86-23-26-6-14-31(15-7-26)83(30-4-2-1-3-5-30)32-16-8-27(9-17-32)24-87-40(85)29-12-20-34(21-13-29)89-38(45(59,60)61)37(43(57,49(71,72)73)50(74,75)76)44(58,51(77,78)79)52(80,81)82/h1-21H,22-25H2/b36-35-. The van der Waals surface area contributed by atoms with Crippen LogP contribution in [0.25, 0.3) is 0 Å². The van der Waals surface area contributed by atoms with Crippen molar-refractivity contribution in [2.75, 3.05) is 18.2 Å². The summed E-state index contributed by atoms with van der Waals surface area (Å²) in [6.45, 7) is -8.12. The normalized spacial score (nSPS) is 14.5. The van der Waals surface area contributed by atoms with Gasteiger partial charge in [-0.1, -0.05) is 42.5 Å². The number of esters is 2. The Labute approximate surface area is 476 Å². The van der Waals surface area contributed by atoms with Gasteiger partial charge < -0.3 is 23.8 Å². The summed E-state index contributed by atoms with van der Waals surface area (Å²) in [5, 5.41) is 0. The van der Waals surface area contributed by atoms with E-state index in [9.17, 15) is 124 Å². The van der Waals surface area contributed by atoms with Crippen molar-refractivity contribution in [3.8, 4) is 11.5 Å². The zero-order chi connectivity index (χ0) is 67.7. The highest BCUT2D eigenvalue weighted by atomic mass is 19.5. The van der Waals surface area contributed by atoms with E-state index in [-0.39, 0.29) is 35.4 Å². The van der Waals surface area contributed by atoms with E-state index in [4.69, 9.17) is 9.47 Å². The maximum Gasteiger partial charge on any atom is 0.449 e. The number of carbonyl (C=O) groups excluding carboxylic acids is 2. The molecule has 0 radical (unpaired) electrons. The van der Waals surface area contributed by atoms with Gasteiger partial charge in [0.1, 0.15) is 43.8 Å². The van der Waals surface area contributed by atoms with Gasteiger partial charge in [-0.05, 0) is 96.1 Å². The summed E-state index contributed by atoms with van der Waals surface area (Å²) in [6.07, 6.45) is -62.5. The van der Waals surface area contributed by atoms with Crippen LogP contribution in [0.1, 0.15) is 31.8 Å². The van der Waals surface area contributed by atoms with Gasteiger partial charge >= 0.3 is 78.4 Å². The van der Waals surface area contributed by atoms with Crippen LogP contribution in [0.4, 0.5) is 149 Å². The number of rotatable bonds is 19. The van der Waals surface area contributed by atoms with Gasteiger partial charge in [0.25, 0.3) is 5.67 Å². The van der Waals surface area contributed by atoms with Gasteiger partial charge in [-0.15, -0.1) is 0 Å². The van der Waals surface area contributed by atoms with Gasteiger partial charge in [-0.2, -0.15) is 105 Å². The van der Waals surface area contributed by atoms with E-state index < -0.39 is 156 Å². The Bertz CT molecular complexity index is 3240. The van der Waals surface area contributed by atoms with Crippen molar-refractivity contribution >= 4 is 29.0 Å². The van der Waals surface area contributed by atoms with Crippen LogP contribution in [0, 0.1) is 0 Å². The van der Waals surface area contributed by atoms with E-state index in [1.165, 1.54) is 48.5 Å². The highest BCUT2D eigenvalue weighted by molar-refractivity contribution is 5.90. The van der Waals surface area contributed by atoms with Gasteiger partial charge in [0.2, 0.25) is 5.76 Å². The van der Waals surface area contributed by atoms with Crippen molar-refractivity contribution in [2.24, 2.45) is 0 Å². The Morgan fingerprint density at radius 1 is 0.360 bits per heavy atom. The number of ether oxygens (including phenoxy) is 4. The molecular weight excluding hydrogens is 1300 g/mol. The molecule has 1 unspecified atom stereocenters. The number of alkyl halides is 30. The lowest BCUT2D eigenvalue weighted by Gasteiger charge is -2.41. The molecule has 0 amide bonds. The molecule has 0 heterocycles. The third-order valence-electron chi connectivity index (χ3n) is 12.1. The fraction of sp³-hybridized carbons (Fsp3) is 0.308. The molecule has 1 atom stereocenters. The van der Waals surface area contributed by atoms with E-state index in [0.29, 0.717) is 41.3 Å². The molecule has 89 heavy (non-hydrogen) atoms. The van der Waals surface area contributed by atoms with Crippen LogP contribution in [0.2, 0.25) is 0 Å². The second-order valence-corrected chi connectivity index (χ2v) is 17.9. The lowest BCUT2D eigenvalue weighted by atomic mass is 9.79. The molecule has 37 heteroatoms. The van der Waals surface area contributed by atoms with Gasteiger partial charge in [0, 0.05) is 17.1 Å². The van der Waals surface area contributed by atoms with Crippen LogP contribution in [-0.2, 0) is 22.7 Å². The first kappa shape index (κ1) is 71.6. The number of halogens is 30. The molecule has 0 aromatic heterocycles. The number of hydrogen-bond donors (Lipinski definition) is 0. The lowest BCUT2D eigenvalue weighted by molar-refractivity contribution is -0.366. The number of carbonyl (C=O) groups is 2. The molecule has 5 aromatic carbocycles. The minimum atomic E-state index is -8.42. The van der Waals surface area contributed by atoms with Crippen molar-refractivity contribution in [2.45, 2.75) is 85.3 Å². The topological polar surface area (TPSA) is 74.3 Å². The third-order valence-corrected chi connectivity index (χ3v) is 12.1. The predicted molar refractivity (Wildman–Crippen MR) is 243 cm³/mol. The fourth-order valence-corrected chi connectivity index (χ4v) is 7.80. The van der Waals surface area contributed by atoms with Crippen LogP contribution < -0.4 is 14.4 Å². The van der Waals surface area contributed by atoms with Crippen molar-refractivity contribution in [1.29, 1.82) is 0 Å². The molecule has 0 saturated carbocycles. The Hall–Kier alpha value is -8.18. The van der Waals surface area contributed by atoms with Crippen LogP contribution in [0.15, 0.2) is 150 Å². The number of hydrogen-bond acceptors (Lipinski definition) is 7. The van der Waals surface area contributed by atoms with Crippen molar-refractivity contribution in [1.82, 2.24) is 0 Å².